The molecule has 2 nitrogen and oxygen atoms in total. The molecule has 1 N–H and O–H groups in total. The van der Waals surface area contributed by atoms with Crippen LogP contribution in [0.3, 0.4) is 0 Å². The number of benzene rings is 1. The maximum absolute atomic E-state index is 12.0. The lowest BCUT2D eigenvalue weighted by atomic mass is 9.87. The fraction of sp³-hybridized carbons (Fsp3) is 0.357. The Kier molecular flexibility index (Phi) is 3.93. The van der Waals surface area contributed by atoms with E-state index in [9.17, 15) is 18.0 Å². The molecule has 0 saturated heterocycles. The smallest absolute Gasteiger partial charge is 0.345 e. The highest BCUT2D eigenvalue weighted by molar-refractivity contribution is 5.82. The van der Waals surface area contributed by atoms with Gasteiger partial charge in [-0.2, -0.15) is 13.2 Å². The van der Waals surface area contributed by atoms with E-state index in [4.69, 9.17) is 0 Å². The zero-order chi connectivity index (χ0) is 13.9. The van der Waals surface area contributed by atoms with Gasteiger partial charge in [-0.15, -0.1) is 0 Å². The van der Waals surface area contributed by atoms with Crippen molar-refractivity contribution in [3.63, 3.8) is 0 Å². The first-order valence-corrected chi connectivity index (χ1v) is 6.11. The molecule has 0 unspecified atom stereocenters. The van der Waals surface area contributed by atoms with Crippen LogP contribution in [0, 0.1) is 0 Å². The van der Waals surface area contributed by atoms with Crippen LogP contribution in [0.25, 0.3) is 5.57 Å². The van der Waals surface area contributed by atoms with Gasteiger partial charge < -0.3 is 5.32 Å². The first-order chi connectivity index (χ1) is 8.98. The van der Waals surface area contributed by atoms with E-state index in [1.54, 1.807) is 6.08 Å². The summed E-state index contributed by atoms with van der Waals surface area (Å²) in [6.07, 6.45) is -0.345. The maximum Gasteiger partial charge on any atom is 0.471 e. The highest BCUT2D eigenvalue weighted by atomic mass is 19.4. The molecule has 0 radical (unpaired) electrons. The van der Waals surface area contributed by atoms with Crippen molar-refractivity contribution in [3.8, 4) is 0 Å². The van der Waals surface area contributed by atoms with E-state index in [0.717, 1.165) is 30.4 Å². The quantitative estimate of drug-likeness (QED) is 0.878. The van der Waals surface area contributed by atoms with Crippen LogP contribution in [-0.4, -0.2) is 18.6 Å². The van der Waals surface area contributed by atoms with Gasteiger partial charge in [0.2, 0.25) is 0 Å². The summed E-state index contributed by atoms with van der Waals surface area (Å²) in [6.45, 7) is -0.0952. The monoisotopic (exact) mass is 269 g/mol. The average Bonchev–Trinajstić information content (AvgIpc) is 2.38. The molecule has 0 aromatic heterocycles. The molecule has 1 aromatic rings. The number of allylic oxidation sites excluding steroid dienone is 1. The normalized spacial score (nSPS) is 17.1. The second-order valence-corrected chi connectivity index (χ2v) is 4.45. The summed E-state index contributed by atoms with van der Waals surface area (Å²) >= 11 is 0. The molecule has 1 aliphatic rings. The predicted molar refractivity (Wildman–Crippen MR) is 66.4 cm³/mol. The van der Waals surface area contributed by atoms with Gasteiger partial charge in [-0.25, -0.2) is 0 Å². The van der Waals surface area contributed by atoms with Crippen molar-refractivity contribution in [2.24, 2.45) is 0 Å². The second kappa shape index (κ2) is 5.47. The number of nitrogens with one attached hydrogen (secondary N) is 1. The summed E-state index contributed by atoms with van der Waals surface area (Å²) in [7, 11) is 0. The second-order valence-electron chi connectivity index (χ2n) is 4.45. The van der Waals surface area contributed by atoms with Crippen LogP contribution in [0.2, 0.25) is 0 Å². The lowest BCUT2D eigenvalue weighted by Gasteiger charge is -2.19. The average molecular weight is 269 g/mol. The third-order valence-corrected chi connectivity index (χ3v) is 3.12. The van der Waals surface area contributed by atoms with Gasteiger partial charge in [0.05, 0.1) is 0 Å². The molecule has 0 fully saturated rings. The standard InChI is InChI=1S/C14H14F3NO/c15-14(16,17)13(19)18-9-8-11-6-3-5-10-4-1-2-7-12(10)11/h1-2,4,7-8H,3,5-6,9H2,(H,18,19). The molecule has 19 heavy (non-hydrogen) atoms. The van der Waals surface area contributed by atoms with Gasteiger partial charge in [0, 0.05) is 6.54 Å². The number of carbonyl (C=O) groups excluding carboxylic acids is 1. The van der Waals surface area contributed by atoms with Gasteiger partial charge in [-0.3, -0.25) is 4.79 Å². The van der Waals surface area contributed by atoms with Crippen LogP contribution >= 0.6 is 0 Å². The molecular weight excluding hydrogens is 255 g/mol. The van der Waals surface area contributed by atoms with E-state index in [-0.39, 0.29) is 6.54 Å². The minimum atomic E-state index is -4.82. The zero-order valence-electron chi connectivity index (χ0n) is 10.3. The van der Waals surface area contributed by atoms with Crippen molar-refractivity contribution >= 4 is 11.5 Å². The molecule has 2 rings (SSSR count). The summed E-state index contributed by atoms with van der Waals surface area (Å²) < 4.78 is 36.1. The van der Waals surface area contributed by atoms with Crippen molar-refractivity contribution in [3.05, 3.63) is 41.5 Å². The third kappa shape index (κ3) is 3.36. The topological polar surface area (TPSA) is 29.1 Å². The molecule has 0 aliphatic heterocycles. The van der Waals surface area contributed by atoms with Crippen LogP contribution in [0.1, 0.15) is 24.0 Å². The molecule has 5 heteroatoms. The van der Waals surface area contributed by atoms with Crippen molar-refractivity contribution in [1.29, 1.82) is 0 Å². The van der Waals surface area contributed by atoms with Crippen molar-refractivity contribution < 1.29 is 18.0 Å². The first kappa shape index (κ1) is 13.6. The first-order valence-electron chi connectivity index (χ1n) is 6.11. The Morgan fingerprint density at radius 1 is 1.26 bits per heavy atom. The number of aryl methyl sites for hydroxylation is 1. The zero-order valence-corrected chi connectivity index (χ0v) is 10.3. The number of rotatable bonds is 2. The number of fused-ring (bicyclic) bond motifs is 1. The number of halogens is 3. The molecule has 0 saturated carbocycles. The summed E-state index contributed by atoms with van der Waals surface area (Å²) in [5.74, 6) is -1.89. The minimum Gasteiger partial charge on any atom is -0.345 e. The van der Waals surface area contributed by atoms with Crippen LogP contribution in [0.15, 0.2) is 30.3 Å². The Labute approximate surface area is 109 Å². The van der Waals surface area contributed by atoms with Gasteiger partial charge >= 0.3 is 12.1 Å². The fourth-order valence-corrected chi connectivity index (χ4v) is 2.23. The number of hydrogen-bond acceptors (Lipinski definition) is 1. The molecule has 1 amide bonds. The van der Waals surface area contributed by atoms with Gasteiger partial charge in [-0.05, 0) is 36.0 Å². The molecule has 1 aromatic carbocycles. The number of hydrogen-bond donors (Lipinski definition) is 1. The molecule has 102 valence electrons. The molecule has 1 aliphatic carbocycles. The Bertz CT molecular complexity index is 506. The Hall–Kier alpha value is -1.78. The summed E-state index contributed by atoms with van der Waals surface area (Å²) in [5.41, 5.74) is 3.29. The Morgan fingerprint density at radius 3 is 2.74 bits per heavy atom. The Morgan fingerprint density at radius 2 is 2.00 bits per heavy atom. The van der Waals surface area contributed by atoms with Gasteiger partial charge in [0.15, 0.2) is 0 Å². The van der Waals surface area contributed by atoms with Crippen LogP contribution in [0.5, 0.6) is 0 Å². The lowest BCUT2D eigenvalue weighted by Crippen LogP contribution is -2.36. The summed E-state index contributed by atoms with van der Waals surface area (Å²) in [5, 5.41) is 1.86. The van der Waals surface area contributed by atoms with E-state index in [1.807, 2.05) is 29.6 Å². The van der Waals surface area contributed by atoms with Crippen molar-refractivity contribution in [2.45, 2.75) is 25.4 Å². The molecular formula is C14H14F3NO. The molecule has 0 bridgehead atoms. The fourth-order valence-electron chi connectivity index (χ4n) is 2.23. The van der Waals surface area contributed by atoms with E-state index >= 15 is 0 Å². The van der Waals surface area contributed by atoms with Crippen molar-refractivity contribution in [2.75, 3.05) is 6.54 Å². The van der Waals surface area contributed by atoms with Gasteiger partial charge in [0.1, 0.15) is 0 Å². The third-order valence-electron chi connectivity index (χ3n) is 3.12. The van der Waals surface area contributed by atoms with E-state index < -0.39 is 12.1 Å². The largest absolute Gasteiger partial charge is 0.471 e. The van der Waals surface area contributed by atoms with E-state index in [1.165, 1.54) is 5.56 Å². The van der Waals surface area contributed by atoms with E-state index in [0.29, 0.717) is 0 Å². The van der Waals surface area contributed by atoms with Crippen LogP contribution in [-0.2, 0) is 11.2 Å². The predicted octanol–water partition coefficient (Wildman–Crippen LogP) is 3.08. The van der Waals surface area contributed by atoms with Crippen LogP contribution in [0.4, 0.5) is 13.2 Å². The molecule has 0 atom stereocenters. The number of amides is 1. The number of carbonyl (C=O) groups is 1. The molecule has 0 heterocycles. The molecule has 0 spiro atoms. The highest BCUT2D eigenvalue weighted by Crippen LogP contribution is 2.30. The van der Waals surface area contributed by atoms with Crippen LogP contribution < -0.4 is 5.32 Å². The Balaban J connectivity index is 2.04. The number of alkyl halides is 3. The summed E-state index contributed by atoms with van der Waals surface area (Å²) in [4.78, 5) is 10.7. The SMILES string of the molecule is O=C(NCC=C1CCCc2ccccc21)C(F)(F)F. The maximum atomic E-state index is 12.0. The van der Waals surface area contributed by atoms with Gasteiger partial charge in [-0.1, -0.05) is 30.3 Å². The lowest BCUT2D eigenvalue weighted by molar-refractivity contribution is -0.173. The minimum absolute atomic E-state index is 0.0952. The summed E-state index contributed by atoms with van der Waals surface area (Å²) in [6, 6.07) is 7.85. The van der Waals surface area contributed by atoms with E-state index in [2.05, 4.69) is 0 Å². The van der Waals surface area contributed by atoms with Crippen molar-refractivity contribution in [1.82, 2.24) is 5.32 Å². The van der Waals surface area contributed by atoms with Gasteiger partial charge in [0.25, 0.3) is 0 Å². The highest BCUT2D eigenvalue weighted by Gasteiger charge is 2.38.